The van der Waals surface area contributed by atoms with Crippen LogP contribution in [0.25, 0.3) is 0 Å². The van der Waals surface area contributed by atoms with Crippen molar-refractivity contribution in [1.82, 2.24) is 0 Å². The maximum absolute atomic E-state index is 12.8. The summed E-state index contributed by atoms with van der Waals surface area (Å²) in [5.74, 6) is -0.500. The molecule has 0 radical (unpaired) electrons. The third-order valence-electron chi connectivity index (χ3n) is 10.8. The van der Waals surface area contributed by atoms with Crippen LogP contribution in [0.5, 0.6) is 0 Å². The number of hydrogen-bond acceptors (Lipinski definition) is 11. The van der Waals surface area contributed by atoms with Crippen LogP contribution >= 0.6 is 7.82 Å². The highest BCUT2D eigenvalue weighted by molar-refractivity contribution is 7.47. The van der Waals surface area contributed by atoms with Crippen LogP contribution in [0.15, 0.2) is 85.1 Å². The second-order valence-corrected chi connectivity index (χ2v) is 18.0. The van der Waals surface area contributed by atoms with Gasteiger partial charge >= 0.3 is 13.8 Å². The number of carbonyl (C=O) groups excluding carboxylic acids is 1. The fraction of sp³-hybridized carbons (Fsp3) is 0.706. The summed E-state index contributed by atoms with van der Waals surface area (Å²) in [6.07, 6.45) is 42.1. The Balaban J connectivity index is 2.41. The van der Waals surface area contributed by atoms with E-state index in [0.717, 1.165) is 116 Å². The van der Waals surface area contributed by atoms with Crippen LogP contribution < -0.4 is 0 Å². The molecule has 64 heavy (non-hydrogen) atoms. The van der Waals surface area contributed by atoms with E-state index >= 15 is 0 Å². The zero-order valence-electron chi connectivity index (χ0n) is 39.3. The Bertz CT molecular complexity index is 1380. The topological polar surface area (TPSA) is 192 Å². The maximum Gasteiger partial charge on any atom is 0.472 e. The van der Waals surface area contributed by atoms with Crippen LogP contribution in [0.3, 0.4) is 0 Å². The molecule has 13 heteroatoms. The first-order chi connectivity index (χ1) is 31.0. The predicted molar refractivity (Wildman–Crippen MR) is 258 cm³/mol. The largest absolute Gasteiger partial charge is 0.472 e. The second kappa shape index (κ2) is 40.8. The molecule has 1 aliphatic carbocycles. The molecule has 6 N–H and O–H groups in total. The molecule has 12 nitrogen and oxygen atoms in total. The van der Waals surface area contributed by atoms with E-state index in [1.165, 1.54) is 25.7 Å². The zero-order valence-corrected chi connectivity index (χ0v) is 40.2. The normalized spacial score (nSPS) is 22.4. The minimum atomic E-state index is -5.04. The van der Waals surface area contributed by atoms with Crippen LogP contribution in [-0.4, -0.2) is 98.9 Å². The Morgan fingerprint density at radius 3 is 1.41 bits per heavy atom. The molecule has 0 aromatic carbocycles. The van der Waals surface area contributed by atoms with Crippen LogP contribution in [0.2, 0.25) is 0 Å². The van der Waals surface area contributed by atoms with Gasteiger partial charge in [0.25, 0.3) is 0 Å². The summed E-state index contributed by atoms with van der Waals surface area (Å²) >= 11 is 0. The third kappa shape index (κ3) is 32.2. The number of phosphoric acid groups is 1. The second-order valence-electron chi connectivity index (χ2n) is 16.6. The molecule has 6 atom stereocenters. The summed E-state index contributed by atoms with van der Waals surface area (Å²) in [5.41, 5.74) is 0. The van der Waals surface area contributed by atoms with Crippen molar-refractivity contribution in [3.05, 3.63) is 85.1 Å². The lowest BCUT2D eigenvalue weighted by Gasteiger charge is -2.41. The average Bonchev–Trinajstić information content (AvgIpc) is 3.28. The van der Waals surface area contributed by atoms with Crippen LogP contribution in [0, 0.1) is 0 Å². The quantitative estimate of drug-likeness (QED) is 0.0148. The van der Waals surface area contributed by atoms with Crippen molar-refractivity contribution >= 4 is 13.8 Å². The van der Waals surface area contributed by atoms with Gasteiger partial charge in [-0.1, -0.05) is 157 Å². The van der Waals surface area contributed by atoms with E-state index in [0.29, 0.717) is 13.0 Å². The number of allylic oxidation sites excluding steroid dienone is 14. The van der Waals surface area contributed by atoms with Gasteiger partial charge < -0.3 is 39.9 Å². The van der Waals surface area contributed by atoms with Gasteiger partial charge in [0.15, 0.2) is 0 Å². The predicted octanol–water partition coefficient (Wildman–Crippen LogP) is 10.5. The fourth-order valence-corrected chi connectivity index (χ4v) is 7.85. The monoisotopic (exact) mass is 923 g/mol. The summed E-state index contributed by atoms with van der Waals surface area (Å²) < 4.78 is 34.2. The molecule has 0 aromatic rings. The summed E-state index contributed by atoms with van der Waals surface area (Å²) in [5, 5.41) is 50.3. The van der Waals surface area contributed by atoms with Crippen molar-refractivity contribution in [1.29, 1.82) is 0 Å². The van der Waals surface area contributed by atoms with Gasteiger partial charge in [-0.3, -0.25) is 13.8 Å². The van der Waals surface area contributed by atoms with Crippen molar-refractivity contribution in [3.63, 3.8) is 0 Å². The molecule has 6 unspecified atom stereocenters. The molecule has 0 heterocycles. The number of phosphoric ester groups is 1. The Morgan fingerprint density at radius 1 is 0.516 bits per heavy atom. The van der Waals surface area contributed by atoms with Gasteiger partial charge in [-0.2, -0.15) is 0 Å². The highest BCUT2D eigenvalue weighted by Gasteiger charge is 2.51. The molecular formula is C51H87O12P. The van der Waals surface area contributed by atoms with E-state index in [-0.39, 0.29) is 13.0 Å². The maximum atomic E-state index is 12.8. The molecular weight excluding hydrogens is 836 g/mol. The molecule has 1 fully saturated rings. The van der Waals surface area contributed by atoms with Gasteiger partial charge in [0.1, 0.15) is 42.7 Å². The molecule has 1 aliphatic rings. The third-order valence-corrected chi connectivity index (χ3v) is 11.7. The summed E-state index contributed by atoms with van der Waals surface area (Å²) in [6.45, 7) is 4.05. The number of aliphatic hydroxyl groups is 5. The van der Waals surface area contributed by atoms with Gasteiger partial charge in [-0.05, 0) is 89.9 Å². The molecule has 1 rings (SSSR count). The average molecular weight is 923 g/mol. The number of carbonyl (C=O) groups is 1. The molecule has 0 spiro atoms. The van der Waals surface area contributed by atoms with Crippen molar-refractivity contribution < 1.29 is 58.3 Å². The van der Waals surface area contributed by atoms with Crippen molar-refractivity contribution in [2.24, 2.45) is 0 Å². The van der Waals surface area contributed by atoms with Gasteiger partial charge in [-0.25, -0.2) is 4.57 Å². The lowest BCUT2D eigenvalue weighted by Crippen LogP contribution is -2.64. The Labute approximate surface area is 386 Å². The highest BCUT2D eigenvalue weighted by atomic mass is 31.2. The molecule has 0 saturated heterocycles. The Hall–Kier alpha value is -2.48. The van der Waals surface area contributed by atoms with E-state index in [1.807, 2.05) is 0 Å². The number of aliphatic hydroxyl groups excluding tert-OH is 5. The van der Waals surface area contributed by atoms with Crippen molar-refractivity contribution in [3.8, 4) is 0 Å². The number of esters is 1. The first-order valence-electron chi connectivity index (χ1n) is 24.4. The van der Waals surface area contributed by atoms with Crippen molar-refractivity contribution in [2.45, 2.75) is 211 Å². The van der Waals surface area contributed by atoms with Gasteiger partial charge in [0, 0.05) is 13.0 Å². The standard InChI is InChI=1S/C51H87O12P/c1-3-5-7-9-11-13-15-17-19-21-23-24-26-28-30-32-34-36-38-40-45(52)62-44(43-61-64(58,59)63-51-49(56)47(54)46(53)48(55)50(51)57)42-60-41-39-37-35-33-31-29-27-25-22-20-18-16-14-12-10-8-6-4-2/h6,8,11-14,17-20,23-25,27,44,46-51,53-57H,3-5,7,9-10,15-16,21-22,26,28-43H2,1-2H3,(H,58,59)/b8-6-,13-11-,14-12-,19-17-,20-18-,24-23-,27-25-. The van der Waals surface area contributed by atoms with E-state index in [2.05, 4.69) is 98.9 Å². The molecule has 0 aliphatic heterocycles. The van der Waals surface area contributed by atoms with E-state index < -0.39 is 63.1 Å². The number of rotatable bonds is 40. The minimum absolute atomic E-state index is 0.100. The van der Waals surface area contributed by atoms with Crippen LogP contribution in [0.1, 0.15) is 168 Å². The first-order valence-corrected chi connectivity index (χ1v) is 25.9. The minimum Gasteiger partial charge on any atom is -0.457 e. The fourth-order valence-electron chi connectivity index (χ4n) is 6.88. The highest BCUT2D eigenvalue weighted by Crippen LogP contribution is 2.47. The molecule has 0 bridgehead atoms. The lowest BCUT2D eigenvalue weighted by atomic mass is 9.85. The molecule has 1 saturated carbocycles. The van der Waals surface area contributed by atoms with Crippen LogP contribution in [-0.2, 0) is 27.9 Å². The Morgan fingerprint density at radius 2 is 0.922 bits per heavy atom. The summed E-state index contributed by atoms with van der Waals surface area (Å²) in [7, 11) is -5.04. The van der Waals surface area contributed by atoms with Crippen molar-refractivity contribution in [2.75, 3.05) is 19.8 Å². The van der Waals surface area contributed by atoms with E-state index in [9.17, 15) is 39.8 Å². The number of ether oxygens (including phenoxy) is 2. The Kier molecular flexibility index (Phi) is 37.9. The SMILES string of the molecule is CC/C=C\C/C=C\C/C=C\C/C=C\CCCCCCCOCC(COP(=O)(O)OC1C(O)C(O)C(O)C(O)C1O)OC(=O)CCCCCCCC/C=C\C/C=C\C/C=C\CCCCC. The lowest BCUT2D eigenvalue weighted by molar-refractivity contribution is -0.220. The smallest absolute Gasteiger partial charge is 0.457 e. The summed E-state index contributed by atoms with van der Waals surface area (Å²) in [6, 6.07) is 0. The summed E-state index contributed by atoms with van der Waals surface area (Å²) in [4.78, 5) is 23.2. The van der Waals surface area contributed by atoms with Gasteiger partial charge in [0.05, 0.1) is 13.2 Å². The zero-order chi connectivity index (χ0) is 46.9. The number of hydrogen-bond donors (Lipinski definition) is 6. The number of unbranched alkanes of at least 4 members (excludes halogenated alkanes) is 14. The molecule has 0 amide bonds. The van der Waals surface area contributed by atoms with Crippen LogP contribution in [0.4, 0.5) is 0 Å². The van der Waals surface area contributed by atoms with Gasteiger partial charge in [0.2, 0.25) is 0 Å². The molecule has 0 aromatic heterocycles. The van der Waals surface area contributed by atoms with E-state index in [1.54, 1.807) is 0 Å². The first kappa shape index (κ1) is 59.5. The van der Waals surface area contributed by atoms with E-state index in [4.69, 9.17) is 18.5 Å². The van der Waals surface area contributed by atoms with Gasteiger partial charge in [-0.15, -0.1) is 0 Å². The molecule has 368 valence electrons.